The molecule has 1 heterocycles. The molecule has 3 aromatic rings. The summed E-state index contributed by atoms with van der Waals surface area (Å²) in [6, 6.07) is 17.8. The van der Waals surface area contributed by atoms with Crippen molar-refractivity contribution in [3.63, 3.8) is 0 Å². The van der Waals surface area contributed by atoms with E-state index in [0.29, 0.717) is 23.4 Å². The minimum atomic E-state index is 0.0783. The number of tetrazole rings is 1. The van der Waals surface area contributed by atoms with E-state index in [1.165, 1.54) is 17.3 Å². The highest BCUT2D eigenvalue weighted by atomic mass is 32.2. The van der Waals surface area contributed by atoms with E-state index in [-0.39, 0.29) is 5.78 Å². The highest BCUT2D eigenvalue weighted by molar-refractivity contribution is 7.99. The van der Waals surface area contributed by atoms with Crippen LogP contribution in [0.2, 0.25) is 0 Å². The van der Waals surface area contributed by atoms with Crippen molar-refractivity contribution in [2.24, 2.45) is 0 Å². The molecule has 0 aliphatic carbocycles. The quantitative estimate of drug-likeness (QED) is 0.478. The first-order chi connectivity index (χ1) is 12.1. The molecule has 0 N–H and O–H groups in total. The number of carbonyl (C=O) groups is 1. The van der Waals surface area contributed by atoms with E-state index in [1.54, 1.807) is 4.68 Å². The van der Waals surface area contributed by atoms with Crippen LogP contribution in [0.25, 0.3) is 0 Å². The summed E-state index contributed by atoms with van der Waals surface area (Å²) in [7, 11) is 0. The van der Waals surface area contributed by atoms with E-state index in [9.17, 15) is 4.79 Å². The van der Waals surface area contributed by atoms with Crippen molar-refractivity contribution in [3.8, 4) is 0 Å². The second-order valence-electron chi connectivity index (χ2n) is 6.09. The van der Waals surface area contributed by atoms with Gasteiger partial charge in [0.2, 0.25) is 5.16 Å². The molecule has 0 unspecified atom stereocenters. The zero-order valence-electron chi connectivity index (χ0n) is 14.3. The van der Waals surface area contributed by atoms with Crippen molar-refractivity contribution in [2.75, 3.05) is 5.75 Å². The molecule has 0 fully saturated rings. The van der Waals surface area contributed by atoms with Crippen molar-refractivity contribution >= 4 is 17.5 Å². The Morgan fingerprint density at radius 1 is 1.08 bits per heavy atom. The summed E-state index contributed by atoms with van der Waals surface area (Å²) < 4.78 is 1.72. The number of thioether (sulfide) groups is 1. The van der Waals surface area contributed by atoms with E-state index >= 15 is 0 Å². The van der Waals surface area contributed by atoms with Gasteiger partial charge in [-0.1, -0.05) is 80.2 Å². The molecule has 1 aromatic heterocycles. The van der Waals surface area contributed by atoms with Crippen LogP contribution in [-0.4, -0.2) is 31.7 Å². The normalized spacial score (nSPS) is 11.0. The van der Waals surface area contributed by atoms with E-state index in [2.05, 4.69) is 29.4 Å². The maximum atomic E-state index is 12.4. The molecule has 0 saturated carbocycles. The molecular formula is C19H20N4OS. The van der Waals surface area contributed by atoms with Gasteiger partial charge in [0.05, 0.1) is 12.3 Å². The molecule has 3 rings (SSSR count). The third-order valence-corrected chi connectivity index (χ3v) is 4.86. The average Bonchev–Trinajstić information content (AvgIpc) is 3.07. The van der Waals surface area contributed by atoms with Crippen LogP contribution in [0, 0.1) is 0 Å². The molecule has 0 aliphatic heterocycles. The van der Waals surface area contributed by atoms with Crippen LogP contribution in [0.4, 0.5) is 0 Å². The smallest absolute Gasteiger partial charge is 0.210 e. The third kappa shape index (κ3) is 4.54. The fourth-order valence-corrected chi connectivity index (χ4v) is 3.19. The van der Waals surface area contributed by atoms with Crippen LogP contribution >= 0.6 is 11.8 Å². The van der Waals surface area contributed by atoms with Crippen LogP contribution in [0.1, 0.15) is 41.3 Å². The first-order valence-corrected chi connectivity index (χ1v) is 9.18. The maximum absolute atomic E-state index is 12.4. The van der Waals surface area contributed by atoms with Gasteiger partial charge in [0.15, 0.2) is 5.78 Å². The molecule has 2 aromatic carbocycles. The highest BCUT2D eigenvalue weighted by Gasteiger charge is 2.12. The number of carbonyl (C=O) groups excluding carboxylic acids is 1. The summed E-state index contributed by atoms with van der Waals surface area (Å²) >= 11 is 1.36. The molecule has 128 valence electrons. The predicted molar refractivity (Wildman–Crippen MR) is 98.9 cm³/mol. The highest BCUT2D eigenvalue weighted by Crippen LogP contribution is 2.19. The second-order valence-corrected chi connectivity index (χ2v) is 7.04. The van der Waals surface area contributed by atoms with Crippen molar-refractivity contribution in [2.45, 2.75) is 31.5 Å². The summed E-state index contributed by atoms with van der Waals surface area (Å²) in [4.78, 5) is 12.4. The molecule has 0 atom stereocenters. The first-order valence-electron chi connectivity index (χ1n) is 8.19. The fraction of sp³-hybridized carbons (Fsp3) is 0.263. The standard InChI is InChI=1S/C19H20N4OS/c1-14(2)16-8-10-17(11-9-16)18(24)13-25-19-20-21-22-23(19)12-15-6-4-3-5-7-15/h3-11,14H,12-13H2,1-2H3. The van der Waals surface area contributed by atoms with Gasteiger partial charge in [-0.15, -0.1) is 5.10 Å². The Morgan fingerprint density at radius 3 is 2.48 bits per heavy atom. The van der Waals surface area contributed by atoms with Gasteiger partial charge < -0.3 is 0 Å². The van der Waals surface area contributed by atoms with Gasteiger partial charge in [0.25, 0.3) is 0 Å². The lowest BCUT2D eigenvalue weighted by molar-refractivity contribution is 0.102. The molecule has 5 nitrogen and oxygen atoms in total. The molecule has 6 heteroatoms. The Morgan fingerprint density at radius 2 is 1.80 bits per heavy atom. The minimum absolute atomic E-state index is 0.0783. The largest absolute Gasteiger partial charge is 0.293 e. The Balaban J connectivity index is 1.62. The van der Waals surface area contributed by atoms with E-state index in [1.807, 2.05) is 54.6 Å². The lowest BCUT2D eigenvalue weighted by atomic mass is 10.0. The Kier molecular flexibility index (Phi) is 5.60. The Labute approximate surface area is 151 Å². The summed E-state index contributed by atoms with van der Waals surface area (Å²) in [6.45, 7) is 4.87. The van der Waals surface area contributed by atoms with Crippen LogP contribution in [0.15, 0.2) is 59.8 Å². The molecular weight excluding hydrogens is 332 g/mol. The van der Waals surface area contributed by atoms with Gasteiger partial charge >= 0.3 is 0 Å². The number of ketones is 1. The zero-order valence-corrected chi connectivity index (χ0v) is 15.1. The van der Waals surface area contributed by atoms with Crippen molar-refractivity contribution in [1.82, 2.24) is 20.2 Å². The number of rotatable bonds is 7. The van der Waals surface area contributed by atoms with Crippen LogP contribution < -0.4 is 0 Å². The van der Waals surface area contributed by atoms with Crippen LogP contribution in [0.3, 0.4) is 0 Å². The second kappa shape index (κ2) is 8.07. The molecule has 0 saturated heterocycles. The Bertz CT molecular complexity index is 828. The molecule has 0 spiro atoms. The van der Waals surface area contributed by atoms with Crippen LogP contribution in [0.5, 0.6) is 0 Å². The lowest BCUT2D eigenvalue weighted by Crippen LogP contribution is -2.07. The summed E-state index contributed by atoms with van der Waals surface area (Å²) in [5.41, 5.74) is 3.07. The lowest BCUT2D eigenvalue weighted by Gasteiger charge is -2.07. The van der Waals surface area contributed by atoms with Gasteiger partial charge in [-0.2, -0.15) is 0 Å². The zero-order chi connectivity index (χ0) is 17.6. The van der Waals surface area contributed by atoms with E-state index in [0.717, 1.165) is 11.1 Å². The number of hydrogen-bond donors (Lipinski definition) is 0. The van der Waals surface area contributed by atoms with Crippen molar-refractivity contribution < 1.29 is 4.79 Å². The van der Waals surface area contributed by atoms with Crippen molar-refractivity contribution in [1.29, 1.82) is 0 Å². The summed E-state index contributed by atoms with van der Waals surface area (Å²) in [6.07, 6.45) is 0. The molecule has 25 heavy (non-hydrogen) atoms. The number of nitrogens with zero attached hydrogens (tertiary/aromatic N) is 4. The number of aromatic nitrogens is 4. The topological polar surface area (TPSA) is 60.7 Å². The SMILES string of the molecule is CC(C)c1ccc(C(=O)CSc2nnnn2Cc2ccccc2)cc1. The minimum Gasteiger partial charge on any atom is -0.293 e. The van der Waals surface area contributed by atoms with Gasteiger partial charge in [-0.3, -0.25) is 4.79 Å². The van der Waals surface area contributed by atoms with E-state index < -0.39 is 0 Å². The predicted octanol–water partition coefficient (Wildman–Crippen LogP) is 3.82. The number of hydrogen-bond acceptors (Lipinski definition) is 5. The first kappa shape index (κ1) is 17.4. The monoisotopic (exact) mass is 352 g/mol. The third-order valence-electron chi connectivity index (χ3n) is 3.91. The van der Waals surface area contributed by atoms with Gasteiger partial charge in [0.1, 0.15) is 0 Å². The van der Waals surface area contributed by atoms with Gasteiger partial charge in [-0.05, 0) is 27.5 Å². The number of Topliss-reactive ketones (excluding diaryl/α,β-unsaturated/α-hetero) is 1. The summed E-state index contributed by atoms with van der Waals surface area (Å²) in [5.74, 6) is 0.853. The number of benzene rings is 2. The molecule has 0 amide bonds. The molecule has 0 aliphatic rings. The molecule has 0 bridgehead atoms. The summed E-state index contributed by atoms with van der Waals surface area (Å²) in [5, 5.41) is 12.4. The molecule has 0 radical (unpaired) electrons. The van der Waals surface area contributed by atoms with Crippen LogP contribution in [-0.2, 0) is 6.54 Å². The van der Waals surface area contributed by atoms with Crippen molar-refractivity contribution in [3.05, 3.63) is 71.3 Å². The van der Waals surface area contributed by atoms with E-state index in [4.69, 9.17) is 0 Å². The van der Waals surface area contributed by atoms with Gasteiger partial charge in [0, 0.05) is 5.56 Å². The van der Waals surface area contributed by atoms with Gasteiger partial charge in [-0.25, -0.2) is 4.68 Å². The maximum Gasteiger partial charge on any atom is 0.210 e. The Hall–Kier alpha value is -2.47. The average molecular weight is 352 g/mol. The fourth-order valence-electron chi connectivity index (χ4n) is 2.42.